The van der Waals surface area contributed by atoms with E-state index in [4.69, 9.17) is 22.1 Å². The molecule has 0 spiro atoms. The minimum atomic E-state index is -0.229. The van der Waals surface area contributed by atoms with Gasteiger partial charge < -0.3 is 4.90 Å². The normalized spacial score (nSPS) is 8.54. The predicted molar refractivity (Wildman–Crippen MR) is 47.8 cm³/mol. The Morgan fingerprint density at radius 3 is 2.00 bits per heavy atom. The standard InChI is InChI=1S/C8H10ClN3O/c9-7-8(13)12(5-1-3-10)6-2-4-11/h1-2,5-7H2. The van der Waals surface area contributed by atoms with Crippen molar-refractivity contribution in [3.63, 3.8) is 0 Å². The highest BCUT2D eigenvalue weighted by atomic mass is 35.5. The lowest BCUT2D eigenvalue weighted by Crippen LogP contribution is -2.33. The maximum absolute atomic E-state index is 11.1. The first-order valence-corrected chi connectivity index (χ1v) is 4.37. The fourth-order valence-electron chi connectivity index (χ4n) is 0.816. The van der Waals surface area contributed by atoms with Crippen LogP contribution in [0, 0.1) is 22.7 Å². The molecule has 70 valence electrons. The number of carbonyl (C=O) groups is 1. The number of hydrogen-bond donors (Lipinski definition) is 0. The van der Waals surface area contributed by atoms with E-state index in [2.05, 4.69) is 0 Å². The zero-order valence-corrected chi connectivity index (χ0v) is 7.92. The van der Waals surface area contributed by atoms with E-state index in [9.17, 15) is 4.79 Å². The molecule has 0 unspecified atom stereocenters. The first-order valence-electron chi connectivity index (χ1n) is 3.84. The molecule has 0 aliphatic heterocycles. The molecule has 0 bridgehead atoms. The fourth-order valence-corrected chi connectivity index (χ4v) is 0.985. The third kappa shape index (κ3) is 5.05. The first-order chi connectivity index (χ1) is 6.26. The van der Waals surface area contributed by atoms with Crippen molar-refractivity contribution in [1.29, 1.82) is 10.5 Å². The minimum Gasteiger partial charge on any atom is -0.340 e. The summed E-state index contributed by atoms with van der Waals surface area (Å²) in [6.45, 7) is 0.702. The zero-order valence-electron chi connectivity index (χ0n) is 7.16. The second-order valence-electron chi connectivity index (χ2n) is 2.33. The molecule has 0 fully saturated rings. The molecular weight excluding hydrogens is 190 g/mol. The fraction of sp³-hybridized carbons (Fsp3) is 0.625. The number of carbonyl (C=O) groups excluding carboxylic acids is 1. The molecule has 0 saturated carbocycles. The second kappa shape index (κ2) is 7.39. The van der Waals surface area contributed by atoms with Crippen LogP contribution in [0.25, 0.3) is 0 Å². The lowest BCUT2D eigenvalue weighted by atomic mass is 10.3. The summed E-state index contributed by atoms with van der Waals surface area (Å²) >= 11 is 5.35. The second-order valence-corrected chi connectivity index (χ2v) is 2.60. The Morgan fingerprint density at radius 2 is 1.69 bits per heavy atom. The van der Waals surface area contributed by atoms with Crippen LogP contribution in [0.15, 0.2) is 0 Å². The van der Waals surface area contributed by atoms with Gasteiger partial charge in [-0.05, 0) is 0 Å². The number of alkyl halides is 1. The summed E-state index contributed by atoms with van der Waals surface area (Å²) in [7, 11) is 0. The molecule has 0 saturated heterocycles. The maximum atomic E-state index is 11.1. The van der Waals surface area contributed by atoms with Crippen molar-refractivity contribution in [3.8, 4) is 12.1 Å². The molecule has 0 aromatic rings. The minimum absolute atomic E-state index is 0.100. The smallest absolute Gasteiger partial charge is 0.237 e. The highest BCUT2D eigenvalue weighted by Gasteiger charge is 2.10. The summed E-state index contributed by atoms with van der Waals surface area (Å²) in [5.74, 6) is -0.330. The van der Waals surface area contributed by atoms with Gasteiger partial charge in [-0.1, -0.05) is 0 Å². The summed E-state index contributed by atoms with van der Waals surface area (Å²) < 4.78 is 0. The molecule has 1 amide bonds. The van der Waals surface area contributed by atoms with Crippen molar-refractivity contribution in [2.24, 2.45) is 0 Å². The number of halogens is 1. The van der Waals surface area contributed by atoms with E-state index < -0.39 is 0 Å². The number of hydrogen-bond acceptors (Lipinski definition) is 3. The summed E-state index contributed by atoms with van der Waals surface area (Å²) in [5, 5.41) is 16.6. The van der Waals surface area contributed by atoms with Crippen LogP contribution in [0.2, 0.25) is 0 Å². The van der Waals surface area contributed by atoms with Gasteiger partial charge in [-0.2, -0.15) is 10.5 Å². The van der Waals surface area contributed by atoms with Crippen LogP contribution in [-0.4, -0.2) is 29.8 Å². The molecule has 0 aliphatic rings. The molecule has 0 radical (unpaired) electrons. The Hall–Kier alpha value is -1.26. The molecule has 5 heteroatoms. The molecule has 0 rings (SSSR count). The van der Waals surface area contributed by atoms with Crippen molar-refractivity contribution >= 4 is 17.5 Å². The Morgan fingerprint density at radius 1 is 1.23 bits per heavy atom. The van der Waals surface area contributed by atoms with Crippen molar-refractivity contribution in [2.75, 3.05) is 19.0 Å². The third-order valence-electron chi connectivity index (χ3n) is 1.45. The van der Waals surface area contributed by atoms with Crippen molar-refractivity contribution in [2.45, 2.75) is 12.8 Å². The van der Waals surface area contributed by atoms with Crippen molar-refractivity contribution in [1.82, 2.24) is 4.90 Å². The third-order valence-corrected chi connectivity index (χ3v) is 1.68. The van der Waals surface area contributed by atoms with Crippen LogP contribution >= 0.6 is 11.6 Å². The quantitative estimate of drug-likeness (QED) is 0.618. The molecule has 0 N–H and O–H groups in total. The molecule has 0 aromatic carbocycles. The van der Waals surface area contributed by atoms with E-state index in [1.165, 1.54) is 4.90 Å². The number of nitrogens with zero attached hydrogens (tertiary/aromatic N) is 3. The molecule has 0 heterocycles. The number of nitriles is 2. The lowest BCUT2D eigenvalue weighted by molar-refractivity contribution is -0.128. The Bertz CT molecular complexity index is 223. The van der Waals surface area contributed by atoms with E-state index in [-0.39, 0.29) is 24.6 Å². The number of rotatable bonds is 5. The van der Waals surface area contributed by atoms with Gasteiger partial charge in [0.1, 0.15) is 5.88 Å². The largest absolute Gasteiger partial charge is 0.340 e. The highest BCUT2D eigenvalue weighted by molar-refractivity contribution is 6.27. The summed E-state index contributed by atoms with van der Waals surface area (Å²) in [6, 6.07) is 3.87. The lowest BCUT2D eigenvalue weighted by Gasteiger charge is -2.18. The van der Waals surface area contributed by atoms with Crippen LogP contribution in [0.4, 0.5) is 0 Å². The Kier molecular flexibility index (Phi) is 6.68. The van der Waals surface area contributed by atoms with Crippen LogP contribution in [0.3, 0.4) is 0 Å². The van der Waals surface area contributed by atoms with E-state index in [0.29, 0.717) is 13.1 Å². The SMILES string of the molecule is N#CCCN(CCC#N)C(=O)CCl. The van der Waals surface area contributed by atoms with Crippen LogP contribution < -0.4 is 0 Å². The topological polar surface area (TPSA) is 67.9 Å². The van der Waals surface area contributed by atoms with E-state index in [1.54, 1.807) is 0 Å². The summed E-state index contributed by atoms with van der Waals surface area (Å²) in [5.41, 5.74) is 0. The van der Waals surface area contributed by atoms with Gasteiger partial charge in [-0.15, -0.1) is 11.6 Å². The van der Waals surface area contributed by atoms with Gasteiger partial charge in [-0.3, -0.25) is 4.79 Å². The molecule has 4 nitrogen and oxygen atoms in total. The Balaban J connectivity index is 3.97. The van der Waals surface area contributed by atoms with Crippen LogP contribution in [-0.2, 0) is 4.79 Å². The molecule has 0 aliphatic carbocycles. The highest BCUT2D eigenvalue weighted by Crippen LogP contribution is 1.96. The average molecular weight is 200 g/mol. The van der Waals surface area contributed by atoms with Gasteiger partial charge in [0.25, 0.3) is 0 Å². The van der Waals surface area contributed by atoms with Gasteiger partial charge in [0.15, 0.2) is 0 Å². The molecule has 0 atom stereocenters. The molecule has 0 aromatic heterocycles. The van der Waals surface area contributed by atoms with Crippen molar-refractivity contribution in [3.05, 3.63) is 0 Å². The molecule has 13 heavy (non-hydrogen) atoms. The summed E-state index contributed by atoms with van der Waals surface area (Å²) in [4.78, 5) is 12.5. The van der Waals surface area contributed by atoms with E-state index >= 15 is 0 Å². The first kappa shape index (κ1) is 11.7. The van der Waals surface area contributed by atoms with Gasteiger partial charge in [-0.25, -0.2) is 0 Å². The van der Waals surface area contributed by atoms with Gasteiger partial charge in [0, 0.05) is 13.1 Å². The number of amides is 1. The summed E-state index contributed by atoms with van der Waals surface area (Å²) in [6.07, 6.45) is 0.544. The maximum Gasteiger partial charge on any atom is 0.237 e. The predicted octanol–water partition coefficient (Wildman–Crippen LogP) is 0.881. The van der Waals surface area contributed by atoms with Crippen LogP contribution in [0.1, 0.15) is 12.8 Å². The van der Waals surface area contributed by atoms with Crippen molar-refractivity contribution < 1.29 is 4.79 Å². The van der Waals surface area contributed by atoms with E-state index in [0.717, 1.165) is 0 Å². The Labute approximate surface area is 82.3 Å². The average Bonchev–Trinajstić information content (AvgIpc) is 2.17. The monoisotopic (exact) mass is 199 g/mol. The van der Waals surface area contributed by atoms with Gasteiger partial charge in [0.2, 0.25) is 5.91 Å². The van der Waals surface area contributed by atoms with Crippen LogP contribution in [0.5, 0.6) is 0 Å². The van der Waals surface area contributed by atoms with E-state index in [1.807, 2.05) is 12.1 Å². The van der Waals surface area contributed by atoms with Gasteiger partial charge in [0.05, 0.1) is 25.0 Å². The molecular formula is C8H10ClN3O. The van der Waals surface area contributed by atoms with Gasteiger partial charge >= 0.3 is 0 Å². The zero-order chi connectivity index (χ0) is 10.1.